The van der Waals surface area contributed by atoms with Crippen LogP contribution in [-0.2, 0) is 28.6 Å². The molecule has 0 spiro atoms. The van der Waals surface area contributed by atoms with E-state index in [0.717, 1.165) is 5.56 Å². The predicted octanol–water partition coefficient (Wildman–Crippen LogP) is 4.55. The minimum atomic E-state index is -1.02. The molecule has 3 aliphatic carbocycles. The molecule has 3 aliphatic rings. The molecule has 2 fully saturated rings. The molecule has 0 aromatic heterocycles. The molecular formula is C33H42O8. The Morgan fingerprint density at radius 1 is 1.00 bits per heavy atom. The molecule has 8 nitrogen and oxygen atoms in total. The van der Waals surface area contributed by atoms with Crippen molar-refractivity contribution in [1.82, 2.24) is 0 Å². The summed E-state index contributed by atoms with van der Waals surface area (Å²) in [6.07, 6.45) is -0.448. The van der Waals surface area contributed by atoms with Crippen LogP contribution in [0.4, 0.5) is 0 Å². The van der Waals surface area contributed by atoms with Crippen LogP contribution in [0.3, 0.4) is 0 Å². The SMILES string of the molecule is C=C1[C@@H](OC(=O)/C=C/c2ccccc2)CC[C@@]2(C)[C@@H](OC(C)=O)[C@H](OC(C)=O)C3=C(C)[C@@H](O)CC([C@@H](O)[C@H]12)C3(C)C. The molecule has 2 N–H and O–H groups in total. The minimum absolute atomic E-state index is 0.290. The number of ether oxygens (including phenoxy) is 3. The molecule has 1 aromatic carbocycles. The topological polar surface area (TPSA) is 119 Å². The van der Waals surface area contributed by atoms with Gasteiger partial charge in [0.2, 0.25) is 0 Å². The van der Waals surface area contributed by atoms with Gasteiger partial charge in [-0.1, -0.05) is 57.7 Å². The van der Waals surface area contributed by atoms with Gasteiger partial charge in [-0.15, -0.1) is 0 Å². The third-order valence-corrected chi connectivity index (χ3v) is 9.51. The molecule has 8 heteroatoms. The summed E-state index contributed by atoms with van der Waals surface area (Å²) in [5, 5.41) is 23.2. The zero-order valence-electron chi connectivity index (χ0n) is 24.8. The van der Waals surface area contributed by atoms with Crippen LogP contribution in [0, 0.1) is 22.7 Å². The summed E-state index contributed by atoms with van der Waals surface area (Å²) in [5.41, 5.74) is 1.01. The largest absolute Gasteiger partial charge is 0.458 e. The number of fused-ring (bicyclic) bond motifs is 3. The van der Waals surface area contributed by atoms with Crippen molar-refractivity contribution in [3.05, 3.63) is 65.3 Å². The van der Waals surface area contributed by atoms with E-state index in [-0.39, 0.29) is 0 Å². The molecular weight excluding hydrogens is 524 g/mol. The van der Waals surface area contributed by atoms with E-state index in [9.17, 15) is 24.6 Å². The molecule has 222 valence electrons. The highest BCUT2D eigenvalue weighted by molar-refractivity contribution is 5.87. The summed E-state index contributed by atoms with van der Waals surface area (Å²) >= 11 is 0. The standard InChI is InChI=1S/C33H42O8/c1-18-24(36)17-23-29(38)27-19(2)25(41-26(37)14-13-22-11-9-8-10-12-22)15-16-33(27,7)31(40-21(4)35)30(39-20(3)34)28(18)32(23,5)6/h8-14,23-25,27,29-31,36,38H,2,15-17H2,1,3-7H3/b14-13+/t23?,24-,25-,27-,29+,30+,31-,33+/m0/s1. The molecule has 0 aliphatic heterocycles. The van der Waals surface area contributed by atoms with Crippen molar-refractivity contribution in [2.45, 2.75) is 91.3 Å². The van der Waals surface area contributed by atoms with Crippen molar-refractivity contribution in [3.8, 4) is 0 Å². The fourth-order valence-corrected chi connectivity index (χ4v) is 7.54. The Balaban J connectivity index is 1.77. The highest BCUT2D eigenvalue weighted by Crippen LogP contribution is 2.60. The molecule has 41 heavy (non-hydrogen) atoms. The predicted molar refractivity (Wildman–Crippen MR) is 153 cm³/mol. The summed E-state index contributed by atoms with van der Waals surface area (Å²) in [4.78, 5) is 37.8. The van der Waals surface area contributed by atoms with E-state index < -0.39 is 71.1 Å². The number of hydrogen-bond donors (Lipinski definition) is 2. The van der Waals surface area contributed by atoms with Crippen molar-refractivity contribution < 1.29 is 38.8 Å². The number of aliphatic hydroxyl groups excluding tert-OH is 2. The molecule has 8 atom stereocenters. The van der Waals surface area contributed by atoms with Gasteiger partial charge in [0.05, 0.1) is 12.2 Å². The van der Waals surface area contributed by atoms with Gasteiger partial charge in [0.15, 0.2) is 6.10 Å². The van der Waals surface area contributed by atoms with Crippen LogP contribution in [0.25, 0.3) is 6.08 Å². The fraction of sp³-hybridized carbons (Fsp3) is 0.545. The molecule has 0 heterocycles. The summed E-state index contributed by atoms with van der Waals surface area (Å²) in [5.74, 6) is -2.77. The maximum Gasteiger partial charge on any atom is 0.331 e. The van der Waals surface area contributed by atoms with Gasteiger partial charge in [-0.05, 0) is 65.9 Å². The molecule has 2 saturated carbocycles. The highest BCUT2D eigenvalue weighted by atomic mass is 16.6. The molecule has 0 amide bonds. The van der Waals surface area contributed by atoms with Gasteiger partial charge >= 0.3 is 17.9 Å². The minimum Gasteiger partial charge on any atom is -0.458 e. The van der Waals surface area contributed by atoms with E-state index in [1.807, 2.05) is 51.1 Å². The Hall–Kier alpha value is -3.23. The van der Waals surface area contributed by atoms with Gasteiger partial charge in [-0.3, -0.25) is 9.59 Å². The van der Waals surface area contributed by atoms with Gasteiger partial charge in [-0.2, -0.15) is 0 Å². The molecule has 1 unspecified atom stereocenters. The molecule has 0 saturated heterocycles. The van der Waals surface area contributed by atoms with Crippen molar-refractivity contribution in [2.75, 3.05) is 0 Å². The lowest BCUT2D eigenvalue weighted by atomic mass is 9.49. The number of benzene rings is 1. The molecule has 4 rings (SSSR count). The van der Waals surface area contributed by atoms with Gasteiger partial charge in [-0.25, -0.2) is 4.79 Å². The van der Waals surface area contributed by atoms with Crippen molar-refractivity contribution >= 4 is 24.0 Å². The first-order chi connectivity index (χ1) is 19.2. The van der Waals surface area contributed by atoms with Crippen molar-refractivity contribution in [2.24, 2.45) is 22.7 Å². The summed E-state index contributed by atoms with van der Waals surface area (Å²) in [7, 11) is 0. The number of carbonyl (C=O) groups is 3. The first-order valence-corrected chi connectivity index (χ1v) is 14.2. The lowest BCUT2D eigenvalue weighted by Crippen LogP contribution is -2.63. The van der Waals surface area contributed by atoms with Crippen molar-refractivity contribution in [3.63, 3.8) is 0 Å². The second-order valence-electron chi connectivity index (χ2n) is 12.5. The normalized spacial score (nSPS) is 34.7. The summed E-state index contributed by atoms with van der Waals surface area (Å²) < 4.78 is 17.8. The first-order valence-electron chi connectivity index (χ1n) is 14.2. The van der Waals surface area contributed by atoms with E-state index in [1.165, 1.54) is 19.9 Å². The Bertz CT molecular complexity index is 1260. The van der Waals surface area contributed by atoms with E-state index >= 15 is 0 Å². The molecule has 1 aromatic rings. The quantitative estimate of drug-likeness (QED) is 0.231. The Labute approximate surface area is 242 Å². The van der Waals surface area contributed by atoms with Gasteiger partial charge in [0.1, 0.15) is 12.2 Å². The van der Waals surface area contributed by atoms with Crippen LogP contribution in [0.15, 0.2) is 59.7 Å². The summed E-state index contributed by atoms with van der Waals surface area (Å²) in [6, 6.07) is 9.39. The van der Waals surface area contributed by atoms with E-state index in [1.54, 1.807) is 13.0 Å². The number of rotatable bonds is 5. The average Bonchev–Trinajstić information content (AvgIpc) is 2.89. The Morgan fingerprint density at radius 2 is 1.63 bits per heavy atom. The van der Waals surface area contributed by atoms with Crippen LogP contribution < -0.4 is 0 Å². The van der Waals surface area contributed by atoms with Crippen LogP contribution in [0.1, 0.15) is 66.4 Å². The number of hydrogen-bond acceptors (Lipinski definition) is 8. The number of carbonyl (C=O) groups excluding carboxylic acids is 3. The zero-order valence-corrected chi connectivity index (χ0v) is 24.8. The van der Waals surface area contributed by atoms with Crippen molar-refractivity contribution in [1.29, 1.82) is 0 Å². The highest BCUT2D eigenvalue weighted by Gasteiger charge is 2.63. The molecule has 2 bridgehead atoms. The van der Waals surface area contributed by atoms with E-state index in [2.05, 4.69) is 6.58 Å². The number of aliphatic hydroxyl groups is 2. The van der Waals surface area contributed by atoms with Gasteiger partial charge < -0.3 is 24.4 Å². The lowest BCUT2D eigenvalue weighted by molar-refractivity contribution is -0.197. The molecule has 0 radical (unpaired) electrons. The maximum absolute atomic E-state index is 12.8. The first kappa shape index (κ1) is 30.7. The lowest BCUT2D eigenvalue weighted by Gasteiger charge is -2.59. The fourth-order valence-electron chi connectivity index (χ4n) is 7.54. The monoisotopic (exact) mass is 566 g/mol. The third kappa shape index (κ3) is 5.77. The maximum atomic E-state index is 12.8. The zero-order chi connectivity index (χ0) is 30.3. The van der Waals surface area contributed by atoms with Crippen LogP contribution in [0.2, 0.25) is 0 Å². The van der Waals surface area contributed by atoms with Crippen LogP contribution in [-0.4, -0.2) is 58.6 Å². The third-order valence-electron chi connectivity index (χ3n) is 9.51. The van der Waals surface area contributed by atoms with E-state index in [0.29, 0.717) is 36.0 Å². The number of esters is 3. The smallest absolute Gasteiger partial charge is 0.331 e. The van der Waals surface area contributed by atoms with Crippen LogP contribution in [0.5, 0.6) is 0 Å². The van der Waals surface area contributed by atoms with Crippen LogP contribution >= 0.6 is 0 Å². The Kier molecular flexibility index (Phi) is 8.67. The second kappa shape index (κ2) is 11.6. The van der Waals surface area contributed by atoms with Gasteiger partial charge in [0, 0.05) is 31.3 Å². The van der Waals surface area contributed by atoms with E-state index in [4.69, 9.17) is 14.2 Å². The second-order valence-corrected chi connectivity index (χ2v) is 12.5. The van der Waals surface area contributed by atoms with Gasteiger partial charge in [0.25, 0.3) is 0 Å². The average molecular weight is 567 g/mol. The Morgan fingerprint density at radius 3 is 2.24 bits per heavy atom. The summed E-state index contributed by atoms with van der Waals surface area (Å²) in [6.45, 7) is 14.5.